The van der Waals surface area contributed by atoms with E-state index in [1.54, 1.807) is 0 Å². The molecule has 8 unspecified atom stereocenters. The van der Waals surface area contributed by atoms with E-state index in [-0.39, 0.29) is 37.0 Å². The minimum absolute atomic E-state index is 0.0342. The Morgan fingerprint density at radius 3 is 2.32 bits per heavy atom. The van der Waals surface area contributed by atoms with E-state index < -0.39 is 71.1 Å². The van der Waals surface area contributed by atoms with Gasteiger partial charge in [0, 0.05) is 25.2 Å². The Bertz CT molecular complexity index is 965. The molecule has 6 aliphatic carbocycles. The van der Waals surface area contributed by atoms with Gasteiger partial charge in [-0.2, -0.15) is 8.78 Å². The molecule has 0 aromatic rings. The highest BCUT2D eigenvalue weighted by molar-refractivity contribution is 5.86. The van der Waals surface area contributed by atoms with Crippen LogP contribution in [0.2, 0.25) is 0 Å². The van der Waals surface area contributed by atoms with Crippen molar-refractivity contribution in [3.8, 4) is 0 Å². The Kier molecular flexibility index (Phi) is 4.49. The van der Waals surface area contributed by atoms with E-state index >= 15 is 0 Å². The Hall–Kier alpha value is -2.30. The summed E-state index contributed by atoms with van der Waals surface area (Å²) in [6.45, 7) is 1.25. The summed E-state index contributed by atoms with van der Waals surface area (Å²) in [7, 11) is 0. The molecule has 186 valence electrons. The molecule has 0 spiro atoms. The topological polar surface area (TPSA) is 128 Å². The maximum Gasteiger partial charge on any atom is 0.398 e. The molecule has 1 saturated heterocycles. The van der Waals surface area contributed by atoms with Crippen molar-refractivity contribution in [3.05, 3.63) is 0 Å². The number of ether oxygens (including phenoxy) is 4. The molecule has 6 bridgehead atoms. The Labute approximate surface area is 193 Å². The predicted molar refractivity (Wildman–Crippen MR) is 101 cm³/mol. The second-order valence-electron chi connectivity index (χ2n) is 11.2. The van der Waals surface area contributed by atoms with Crippen LogP contribution in [-0.2, 0) is 38.1 Å². The van der Waals surface area contributed by atoms with Crippen LogP contribution in [-0.4, -0.2) is 53.4 Å². The molecule has 1 heterocycles. The van der Waals surface area contributed by atoms with Crippen molar-refractivity contribution >= 4 is 23.9 Å². The summed E-state index contributed by atoms with van der Waals surface area (Å²) >= 11 is 0. The molecule has 6 saturated carbocycles. The molecule has 7 fully saturated rings. The fraction of sp³-hybridized carbons (Fsp3) is 0.826. The summed E-state index contributed by atoms with van der Waals surface area (Å²) < 4.78 is 49.8. The Morgan fingerprint density at radius 2 is 1.71 bits per heavy atom. The molecule has 9 nitrogen and oxygen atoms in total. The summed E-state index contributed by atoms with van der Waals surface area (Å²) in [6.07, 6.45) is -2.98. The summed E-state index contributed by atoms with van der Waals surface area (Å²) in [5, 5.41) is 10.9. The minimum atomic E-state index is -4.44. The second-order valence-corrected chi connectivity index (χ2v) is 11.2. The van der Waals surface area contributed by atoms with Crippen molar-refractivity contribution in [3.63, 3.8) is 0 Å². The zero-order chi connectivity index (χ0) is 24.2. The van der Waals surface area contributed by atoms with E-state index in [0.717, 1.165) is 6.42 Å². The Balaban J connectivity index is 1.25. The first-order chi connectivity index (χ1) is 15.9. The standard InChI is InChI=1S/C23H26F2O9/c1-9(26)31-16-13-3-12-14(18(27)32-17(12)16)15(13)19(28)33-21-4-10-2-11(5-21)7-22(6-10,8-21)34-23(24,25)20(29)30/h10-17H,2-8H2,1H3,(H,29,30)/p-1. The van der Waals surface area contributed by atoms with Crippen LogP contribution in [0.5, 0.6) is 0 Å². The number of carbonyl (C=O) groups is 4. The quantitative estimate of drug-likeness (QED) is 0.396. The van der Waals surface area contributed by atoms with Crippen LogP contribution in [0.3, 0.4) is 0 Å². The van der Waals surface area contributed by atoms with Crippen molar-refractivity contribution in [1.29, 1.82) is 0 Å². The zero-order valence-electron chi connectivity index (χ0n) is 18.5. The highest BCUT2D eigenvalue weighted by Gasteiger charge is 2.71. The zero-order valence-corrected chi connectivity index (χ0v) is 18.5. The first kappa shape index (κ1) is 22.2. The molecule has 8 atom stereocenters. The first-order valence-electron chi connectivity index (χ1n) is 11.8. The van der Waals surface area contributed by atoms with E-state index in [9.17, 15) is 33.1 Å². The maximum absolute atomic E-state index is 14.0. The summed E-state index contributed by atoms with van der Waals surface area (Å²) in [6, 6.07) is 0. The van der Waals surface area contributed by atoms with Crippen molar-refractivity contribution in [2.75, 3.05) is 0 Å². The van der Waals surface area contributed by atoms with Gasteiger partial charge < -0.3 is 28.8 Å². The van der Waals surface area contributed by atoms with Gasteiger partial charge >= 0.3 is 24.0 Å². The van der Waals surface area contributed by atoms with Crippen molar-refractivity contribution in [1.82, 2.24) is 0 Å². The molecule has 34 heavy (non-hydrogen) atoms. The number of hydrogen-bond acceptors (Lipinski definition) is 9. The lowest BCUT2D eigenvalue weighted by Gasteiger charge is -2.61. The number of halogens is 2. The number of carboxylic acids is 1. The molecule has 7 aliphatic rings. The average molecular weight is 483 g/mol. The van der Waals surface area contributed by atoms with Crippen molar-refractivity contribution < 1.29 is 52.0 Å². The van der Waals surface area contributed by atoms with Crippen LogP contribution in [0.4, 0.5) is 8.78 Å². The molecule has 1 aliphatic heterocycles. The monoisotopic (exact) mass is 483 g/mol. The lowest BCUT2D eigenvalue weighted by molar-refractivity contribution is -0.389. The highest BCUT2D eigenvalue weighted by Crippen LogP contribution is 2.63. The largest absolute Gasteiger partial charge is 0.542 e. The van der Waals surface area contributed by atoms with Crippen LogP contribution < -0.4 is 5.11 Å². The highest BCUT2D eigenvalue weighted by atomic mass is 19.3. The van der Waals surface area contributed by atoms with Crippen molar-refractivity contribution in [2.24, 2.45) is 35.5 Å². The van der Waals surface area contributed by atoms with Gasteiger partial charge in [-0.1, -0.05) is 0 Å². The summed E-state index contributed by atoms with van der Waals surface area (Å²) in [5.41, 5.74) is -2.48. The SMILES string of the molecule is CC(=O)OC1C2CC3C1OC(=O)C3C2C(=O)OC12CC3CC(C1)CC(OC(F)(F)C(=O)[O-])(C3)C2. The second kappa shape index (κ2) is 6.89. The van der Waals surface area contributed by atoms with E-state index in [2.05, 4.69) is 0 Å². The third kappa shape index (κ3) is 3.11. The lowest BCUT2D eigenvalue weighted by atomic mass is 9.52. The number of rotatable bonds is 6. The van der Waals surface area contributed by atoms with Crippen LogP contribution in [0.1, 0.15) is 51.9 Å². The fourth-order valence-electron chi connectivity index (χ4n) is 8.59. The van der Waals surface area contributed by atoms with E-state index in [0.29, 0.717) is 19.3 Å². The lowest BCUT2D eigenvalue weighted by Crippen LogP contribution is -2.64. The number of fused-ring (bicyclic) bond motifs is 1. The molecule has 0 aromatic carbocycles. The third-order valence-corrected chi connectivity index (χ3v) is 8.97. The number of carbonyl (C=O) groups excluding carboxylic acids is 4. The van der Waals surface area contributed by atoms with Gasteiger partial charge in [0.25, 0.3) is 0 Å². The molecule has 0 radical (unpaired) electrons. The normalized spacial score (nSPS) is 47.6. The van der Waals surface area contributed by atoms with Gasteiger partial charge in [0.15, 0.2) is 0 Å². The molecule has 0 aromatic heterocycles. The molecular formula is C23H25F2O9-. The first-order valence-corrected chi connectivity index (χ1v) is 11.8. The van der Waals surface area contributed by atoms with Crippen molar-refractivity contribution in [2.45, 2.75) is 81.4 Å². The van der Waals surface area contributed by atoms with Crippen LogP contribution >= 0.6 is 0 Å². The Morgan fingerprint density at radius 1 is 1.06 bits per heavy atom. The summed E-state index contributed by atoms with van der Waals surface area (Å²) in [5.74, 6) is -6.48. The molecular weight excluding hydrogens is 458 g/mol. The number of carboxylic acid groups (broad SMARTS) is 1. The van der Waals surface area contributed by atoms with E-state index in [1.165, 1.54) is 6.92 Å². The van der Waals surface area contributed by atoms with Gasteiger partial charge in [-0.3, -0.25) is 14.4 Å². The smallest absolute Gasteiger partial charge is 0.398 e. The van der Waals surface area contributed by atoms with Gasteiger partial charge in [-0.25, -0.2) is 0 Å². The molecule has 11 heteroatoms. The molecule has 0 amide bonds. The molecule has 0 N–H and O–H groups in total. The van der Waals surface area contributed by atoms with E-state index in [4.69, 9.17) is 18.9 Å². The summed E-state index contributed by atoms with van der Waals surface area (Å²) in [4.78, 5) is 48.6. The average Bonchev–Trinajstić information content (AvgIpc) is 3.29. The number of esters is 3. The third-order valence-electron chi connectivity index (χ3n) is 8.97. The van der Waals surface area contributed by atoms with Gasteiger partial charge in [0.1, 0.15) is 23.8 Å². The fourth-order valence-corrected chi connectivity index (χ4v) is 8.59. The molecule has 7 rings (SSSR count). The van der Waals surface area contributed by atoms with E-state index in [1.807, 2.05) is 0 Å². The maximum atomic E-state index is 14.0. The van der Waals surface area contributed by atoms with Crippen LogP contribution in [0.15, 0.2) is 0 Å². The number of alkyl halides is 2. The van der Waals surface area contributed by atoms with Crippen LogP contribution in [0.25, 0.3) is 0 Å². The van der Waals surface area contributed by atoms with Gasteiger partial charge in [-0.05, 0) is 50.4 Å². The van der Waals surface area contributed by atoms with Gasteiger partial charge in [-0.15, -0.1) is 0 Å². The van der Waals surface area contributed by atoms with Gasteiger partial charge in [0.2, 0.25) is 0 Å². The predicted octanol–water partition coefficient (Wildman–Crippen LogP) is 0.719. The number of aliphatic carboxylic acids is 1. The number of hydrogen-bond donors (Lipinski definition) is 0. The van der Waals surface area contributed by atoms with Crippen LogP contribution in [0, 0.1) is 35.5 Å². The minimum Gasteiger partial charge on any atom is -0.542 e. The van der Waals surface area contributed by atoms with Gasteiger partial charge in [0.05, 0.1) is 17.4 Å².